The number of amides is 2. The van der Waals surface area contributed by atoms with Gasteiger partial charge >= 0.3 is 0 Å². The third-order valence-corrected chi connectivity index (χ3v) is 3.85. The molecular weight excluding hydrogens is 284 g/mol. The number of anilines is 1. The van der Waals surface area contributed by atoms with Crippen LogP contribution in [0.4, 0.5) is 5.69 Å². The molecular formula is C16H20N2O4. The molecule has 0 aromatic heterocycles. The standard InChI is InChI=1S/C16H20N2O4/c1-21-8-9-22-13-6-2-11(3-7-13)17-14-10-15(19)18(16(14)20)12-4-5-12/h2-3,6-7,12,14,17H,4-5,8-10H2,1H3. The fourth-order valence-corrected chi connectivity index (χ4v) is 2.57. The van der Waals surface area contributed by atoms with Crippen molar-refractivity contribution in [3.8, 4) is 5.75 Å². The highest BCUT2D eigenvalue weighted by molar-refractivity contribution is 6.07. The smallest absolute Gasteiger partial charge is 0.252 e. The highest BCUT2D eigenvalue weighted by atomic mass is 16.5. The van der Waals surface area contributed by atoms with Gasteiger partial charge in [0.1, 0.15) is 18.4 Å². The van der Waals surface area contributed by atoms with E-state index < -0.39 is 6.04 Å². The Morgan fingerprint density at radius 2 is 1.91 bits per heavy atom. The Morgan fingerprint density at radius 1 is 1.18 bits per heavy atom. The van der Waals surface area contributed by atoms with Crippen LogP contribution in [0.2, 0.25) is 0 Å². The molecule has 1 saturated carbocycles. The van der Waals surface area contributed by atoms with Crippen molar-refractivity contribution in [3.63, 3.8) is 0 Å². The van der Waals surface area contributed by atoms with Crippen LogP contribution >= 0.6 is 0 Å². The molecule has 6 nitrogen and oxygen atoms in total. The molecule has 2 aliphatic rings. The van der Waals surface area contributed by atoms with Crippen molar-refractivity contribution in [2.45, 2.75) is 31.3 Å². The predicted molar refractivity (Wildman–Crippen MR) is 80.7 cm³/mol. The van der Waals surface area contributed by atoms with E-state index in [2.05, 4.69) is 5.32 Å². The third-order valence-electron chi connectivity index (χ3n) is 3.85. The molecule has 1 saturated heterocycles. The van der Waals surface area contributed by atoms with E-state index in [9.17, 15) is 9.59 Å². The highest BCUT2D eigenvalue weighted by Crippen LogP contribution is 2.32. The number of nitrogens with zero attached hydrogens (tertiary/aromatic N) is 1. The molecule has 6 heteroatoms. The van der Waals surface area contributed by atoms with E-state index >= 15 is 0 Å². The van der Waals surface area contributed by atoms with Crippen LogP contribution in [-0.2, 0) is 14.3 Å². The van der Waals surface area contributed by atoms with Crippen LogP contribution < -0.4 is 10.1 Å². The van der Waals surface area contributed by atoms with Gasteiger partial charge in [0.25, 0.3) is 5.91 Å². The number of hydrogen-bond acceptors (Lipinski definition) is 5. The van der Waals surface area contributed by atoms with Crippen molar-refractivity contribution in [1.29, 1.82) is 0 Å². The fraction of sp³-hybridized carbons (Fsp3) is 0.500. The Kier molecular flexibility index (Phi) is 4.29. The third kappa shape index (κ3) is 3.22. The molecule has 3 rings (SSSR count). The maximum Gasteiger partial charge on any atom is 0.252 e. The van der Waals surface area contributed by atoms with Crippen molar-refractivity contribution in [2.75, 3.05) is 25.6 Å². The van der Waals surface area contributed by atoms with E-state index in [0.29, 0.717) is 13.2 Å². The lowest BCUT2D eigenvalue weighted by Crippen LogP contribution is -2.36. The summed E-state index contributed by atoms with van der Waals surface area (Å²) in [5, 5.41) is 3.14. The van der Waals surface area contributed by atoms with Crippen molar-refractivity contribution < 1.29 is 19.1 Å². The lowest BCUT2D eigenvalue weighted by Gasteiger charge is -2.15. The minimum atomic E-state index is -0.451. The number of imide groups is 1. The van der Waals surface area contributed by atoms with Gasteiger partial charge in [0.15, 0.2) is 0 Å². The Labute approximate surface area is 129 Å². The molecule has 1 N–H and O–H groups in total. The lowest BCUT2D eigenvalue weighted by atomic mass is 10.2. The second-order valence-corrected chi connectivity index (χ2v) is 5.60. The first kappa shape index (κ1) is 14.8. The molecule has 1 aromatic rings. The van der Waals surface area contributed by atoms with E-state index in [1.54, 1.807) is 7.11 Å². The number of hydrogen-bond donors (Lipinski definition) is 1. The van der Waals surface area contributed by atoms with Crippen LogP contribution in [0.25, 0.3) is 0 Å². The maximum atomic E-state index is 12.2. The largest absolute Gasteiger partial charge is 0.491 e. The molecule has 1 aliphatic carbocycles. The van der Waals surface area contributed by atoms with Gasteiger partial charge < -0.3 is 14.8 Å². The minimum Gasteiger partial charge on any atom is -0.491 e. The summed E-state index contributed by atoms with van der Waals surface area (Å²) in [4.78, 5) is 25.6. The average molecular weight is 304 g/mol. The molecule has 22 heavy (non-hydrogen) atoms. The van der Waals surface area contributed by atoms with Crippen LogP contribution in [0.3, 0.4) is 0 Å². The van der Waals surface area contributed by atoms with Crippen LogP contribution in [0, 0.1) is 0 Å². The molecule has 2 fully saturated rings. The molecule has 1 aromatic carbocycles. The first-order valence-corrected chi connectivity index (χ1v) is 7.53. The SMILES string of the molecule is COCCOc1ccc(NC2CC(=O)N(C3CC3)C2=O)cc1. The topological polar surface area (TPSA) is 67.9 Å². The van der Waals surface area contributed by atoms with Crippen molar-refractivity contribution in [2.24, 2.45) is 0 Å². The summed E-state index contributed by atoms with van der Waals surface area (Å²) < 4.78 is 10.4. The molecule has 0 spiro atoms. The van der Waals surface area contributed by atoms with Gasteiger partial charge in [-0.1, -0.05) is 0 Å². The van der Waals surface area contributed by atoms with Crippen LogP contribution in [-0.4, -0.2) is 49.1 Å². The summed E-state index contributed by atoms with van der Waals surface area (Å²) in [7, 11) is 1.63. The monoisotopic (exact) mass is 304 g/mol. The average Bonchev–Trinajstić information content (AvgIpc) is 3.29. The molecule has 1 unspecified atom stereocenters. The number of carbonyl (C=O) groups is 2. The van der Waals surface area contributed by atoms with Crippen molar-refractivity contribution >= 4 is 17.5 Å². The Bertz CT molecular complexity index is 554. The van der Waals surface area contributed by atoms with E-state index in [1.165, 1.54) is 4.90 Å². The van der Waals surface area contributed by atoms with Crippen molar-refractivity contribution in [3.05, 3.63) is 24.3 Å². The molecule has 1 aliphatic heterocycles. The predicted octanol–water partition coefficient (Wildman–Crippen LogP) is 1.41. The number of likely N-dealkylation sites (tertiary alicyclic amines) is 1. The summed E-state index contributed by atoms with van der Waals surface area (Å²) in [6.45, 7) is 1.03. The summed E-state index contributed by atoms with van der Waals surface area (Å²) in [5.41, 5.74) is 0.808. The zero-order valence-corrected chi connectivity index (χ0v) is 12.6. The first-order chi connectivity index (χ1) is 10.7. The highest BCUT2D eigenvalue weighted by Gasteiger charge is 2.46. The molecule has 0 bridgehead atoms. The number of nitrogens with one attached hydrogen (secondary N) is 1. The van der Waals surface area contributed by atoms with E-state index in [1.807, 2.05) is 24.3 Å². The van der Waals surface area contributed by atoms with Crippen LogP contribution in [0.1, 0.15) is 19.3 Å². The van der Waals surface area contributed by atoms with E-state index in [4.69, 9.17) is 9.47 Å². The zero-order valence-electron chi connectivity index (χ0n) is 12.6. The van der Waals surface area contributed by atoms with Gasteiger partial charge in [0.2, 0.25) is 5.91 Å². The van der Waals surface area contributed by atoms with Gasteiger partial charge in [-0.3, -0.25) is 14.5 Å². The summed E-state index contributed by atoms with van der Waals surface area (Å²) >= 11 is 0. The van der Waals surface area contributed by atoms with Crippen LogP contribution in [0.15, 0.2) is 24.3 Å². The second kappa shape index (κ2) is 6.36. The number of benzene rings is 1. The Morgan fingerprint density at radius 3 is 2.55 bits per heavy atom. The van der Waals surface area contributed by atoms with Crippen molar-refractivity contribution in [1.82, 2.24) is 4.90 Å². The Hall–Kier alpha value is -2.08. The summed E-state index contributed by atoms with van der Waals surface area (Å²) in [6.07, 6.45) is 2.12. The summed E-state index contributed by atoms with van der Waals surface area (Å²) in [6, 6.07) is 7.05. The van der Waals surface area contributed by atoms with E-state index in [-0.39, 0.29) is 24.3 Å². The van der Waals surface area contributed by atoms with Gasteiger partial charge in [-0.05, 0) is 37.1 Å². The first-order valence-electron chi connectivity index (χ1n) is 7.53. The molecule has 1 heterocycles. The molecule has 118 valence electrons. The van der Waals surface area contributed by atoms with E-state index in [0.717, 1.165) is 24.3 Å². The number of ether oxygens (including phenoxy) is 2. The molecule has 2 amide bonds. The second-order valence-electron chi connectivity index (χ2n) is 5.60. The number of methoxy groups -OCH3 is 1. The Balaban J connectivity index is 1.56. The number of carbonyl (C=O) groups excluding carboxylic acids is 2. The van der Waals surface area contributed by atoms with Crippen LogP contribution in [0.5, 0.6) is 5.75 Å². The molecule has 1 atom stereocenters. The van der Waals surface area contributed by atoms with Gasteiger partial charge in [0.05, 0.1) is 13.0 Å². The summed E-state index contributed by atoms with van der Waals surface area (Å²) in [5.74, 6) is 0.577. The fourth-order valence-electron chi connectivity index (χ4n) is 2.57. The zero-order chi connectivity index (χ0) is 15.5. The number of rotatable bonds is 7. The quantitative estimate of drug-likeness (QED) is 0.609. The van der Waals surface area contributed by atoms with Gasteiger partial charge in [-0.25, -0.2) is 0 Å². The maximum absolute atomic E-state index is 12.2. The van der Waals surface area contributed by atoms with Gasteiger partial charge in [-0.15, -0.1) is 0 Å². The lowest BCUT2D eigenvalue weighted by molar-refractivity contribution is -0.139. The molecule has 0 radical (unpaired) electrons. The van der Waals surface area contributed by atoms with Gasteiger partial charge in [-0.2, -0.15) is 0 Å². The minimum absolute atomic E-state index is 0.0653. The normalized spacial score (nSPS) is 21.3. The van der Waals surface area contributed by atoms with Gasteiger partial charge in [0, 0.05) is 18.8 Å².